The van der Waals surface area contributed by atoms with Gasteiger partial charge in [0.1, 0.15) is 18.4 Å². The SMILES string of the molecule is CS(=O)(=O)N1c2ccccc2OCC1CO.Cc1ccc(S(=O)(=O)O)cc1. The van der Waals surface area contributed by atoms with E-state index in [-0.39, 0.29) is 18.1 Å². The van der Waals surface area contributed by atoms with Gasteiger partial charge >= 0.3 is 0 Å². The number of benzene rings is 2. The minimum absolute atomic E-state index is 0.0666. The number of hydrogen-bond donors (Lipinski definition) is 2. The van der Waals surface area contributed by atoms with Gasteiger partial charge in [0.15, 0.2) is 0 Å². The van der Waals surface area contributed by atoms with E-state index in [0.29, 0.717) is 11.4 Å². The summed E-state index contributed by atoms with van der Waals surface area (Å²) < 4.78 is 59.5. The lowest BCUT2D eigenvalue weighted by atomic mass is 10.2. The van der Waals surface area contributed by atoms with Gasteiger partial charge in [0, 0.05) is 0 Å². The Morgan fingerprint density at radius 1 is 1.07 bits per heavy atom. The van der Waals surface area contributed by atoms with Crippen molar-refractivity contribution in [2.75, 3.05) is 23.8 Å². The van der Waals surface area contributed by atoms with Gasteiger partial charge in [-0.3, -0.25) is 8.86 Å². The summed E-state index contributed by atoms with van der Waals surface area (Å²) in [6.45, 7) is 1.75. The molecule has 2 aromatic carbocycles. The Morgan fingerprint density at radius 3 is 2.19 bits per heavy atom. The summed E-state index contributed by atoms with van der Waals surface area (Å²) in [7, 11) is -7.43. The maximum Gasteiger partial charge on any atom is 0.294 e. The number of hydrogen-bond acceptors (Lipinski definition) is 6. The van der Waals surface area contributed by atoms with Crippen molar-refractivity contribution in [3.63, 3.8) is 0 Å². The molecule has 0 amide bonds. The predicted octanol–water partition coefficient (Wildman–Crippen LogP) is 1.45. The van der Waals surface area contributed by atoms with Crippen molar-refractivity contribution in [2.24, 2.45) is 0 Å². The van der Waals surface area contributed by atoms with Crippen molar-refractivity contribution in [2.45, 2.75) is 17.9 Å². The number of aliphatic hydroxyl groups is 1. The van der Waals surface area contributed by atoms with E-state index < -0.39 is 26.2 Å². The highest BCUT2D eigenvalue weighted by Crippen LogP contribution is 2.34. The molecule has 148 valence electrons. The lowest BCUT2D eigenvalue weighted by Crippen LogP contribution is -2.48. The molecule has 1 aliphatic heterocycles. The Kier molecular flexibility index (Phi) is 6.47. The molecule has 27 heavy (non-hydrogen) atoms. The minimum Gasteiger partial charge on any atom is -0.489 e. The molecule has 0 fully saturated rings. The number of aryl methyl sites for hydroxylation is 1. The zero-order chi connectivity index (χ0) is 20.2. The number of aliphatic hydroxyl groups excluding tert-OH is 1. The van der Waals surface area contributed by atoms with Gasteiger partial charge in [-0.25, -0.2) is 8.42 Å². The topological polar surface area (TPSA) is 121 Å². The first-order valence-corrected chi connectivity index (χ1v) is 11.2. The Hall–Kier alpha value is -2.14. The van der Waals surface area contributed by atoms with Crippen LogP contribution in [0.3, 0.4) is 0 Å². The van der Waals surface area contributed by atoms with Gasteiger partial charge in [0.2, 0.25) is 10.0 Å². The zero-order valence-electron chi connectivity index (χ0n) is 14.8. The summed E-state index contributed by atoms with van der Waals surface area (Å²) in [5, 5.41) is 9.16. The lowest BCUT2D eigenvalue weighted by molar-refractivity contribution is 0.198. The quantitative estimate of drug-likeness (QED) is 0.728. The summed E-state index contributed by atoms with van der Waals surface area (Å²) in [4.78, 5) is -0.0666. The van der Waals surface area contributed by atoms with Gasteiger partial charge in [-0.2, -0.15) is 8.42 Å². The summed E-state index contributed by atoms with van der Waals surface area (Å²) >= 11 is 0. The molecule has 8 nitrogen and oxygen atoms in total. The first-order valence-electron chi connectivity index (χ1n) is 7.90. The van der Waals surface area contributed by atoms with Crippen LogP contribution in [-0.2, 0) is 20.1 Å². The molecule has 0 radical (unpaired) electrons. The normalized spacial score (nSPS) is 16.6. The fraction of sp³-hybridized carbons (Fsp3) is 0.294. The Morgan fingerprint density at radius 2 is 1.67 bits per heavy atom. The average Bonchev–Trinajstić information content (AvgIpc) is 2.60. The number of anilines is 1. The van der Waals surface area contributed by atoms with Gasteiger partial charge in [0.25, 0.3) is 10.1 Å². The van der Waals surface area contributed by atoms with Gasteiger partial charge in [-0.1, -0.05) is 29.8 Å². The molecule has 2 N–H and O–H groups in total. The van der Waals surface area contributed by atoms with Gasteiger partial charge in [-0.15, -0.1) is 0 Å². The van der Waals surface area contributed by atoms with E-state index in [0.717, 1.165) is 11.8 Å². The van der Waals surface area contributed by atoms with Crippen molar-refractivity contribution in [3.8, 4) is 5.75 Å². The predicted molar refractivity (Wildman–Crippen MR) is 101 cm³/mol. The van der Waals surface area contributed by atoms with Gasteiger partial charge < -0.3 is 9.84 Å². The van der Waals surface area contributed by atoms with Crippen LogP contribution in [0.2, 0.25) is 0 Å². The number of rotatable bonds is 3. The molecule has 1 unspecified atom stereocenters. The molecule has 3 rings (SSSR count). The van der Waals surface area contributed by atoms with E-state index in [9.17, 15) is 16.8 Å². The van der Waals surface area contributed by atoms with E-state index in [2.05, 4.69) is 0 Å². The molecule has 0 saturated heterocycles. The zero-order valence-corrected chi connectivity index (χ0v) is 16.4. The lowest BCUT2D eigenvalue weighted by Gasteiger charge is -2.35. The van der Waals surface area contributed by atoms with E-state index >= 15 is 0 Å². The highest BCUT2D eigenvalue weighted by Gasteiger charge is 2.33. The minimum atomic E-state index is -4.02. The highest BCUT2D eigenvalue weighted by atomic mass is 32.2. The second-order valence-corrected chi connectivity index (χ2v) is 9.24. The van der Waals surface area contributed by atoms with Crippen LogP contribution in [-0.4, -0.2) is 52.0 Å². The van der Waals surface area contributed by atoms with Crippen molar-refractivity contribution in [1.82, 2.24) is 0 Å². The van der Waals surface area contributed by atoms with E-state index in [1.807, 2.05) is 6.92 Å². The summed E-state index contributed by atoms with van der Waals surface area (Å²) in [6.07, 6.45) is 1.12. The molecule has 1 heterocycles. The highest BCUT2D eigenvalue weighted by molar-refractivity contribution is 7.92. The monoisotopic (exact) mass is 415 g/mol. The molecule has 1 atom stereocenters. The fourth-order valence-electron chi connectivity index (χ4n) is 2.50. The van der Waals surface area contributed by atoms with Crippen LogP contribution in [0.15, 0.2) is 53.4 Å². The van der Waals surface area contributed by atoms with Crippen molar-refractivity contribution in [1.29, 1.82) is 0 Å². The molecular weight excluding hydrogens is 394 g/mol. The summed E-state index contributed by atoms with van der Waals surface area (Å²) in [5.74, 6) is 0.526. The maximum absolute atomic E-state index is 11.7. The van der Waals surface area contributed by atoms with Gasteiger partial charge in [-0.05, 0) is 31.2 Å². The van der Waals surface area contributed by atoms with Crippen LogP contribution in [0.1, 0.15) is 5.56 Å². The molecule has 1 aliphatic rings. The second-order valence-electron chi connectivity index (χ2n) is 5.96. The largest absolute Gasteiger partial charge is 0.489 e. The number of nitrogens with zero attached hydrogens (tertiary/aromatic N) is 1. The van der Waals surface area contributed by atoms with Crippen LogP contribution >= 0.6 is 0 Å². The number of para-hydroxylation sites is 2. The Balaban J connectivity index is 0.000000208. The molecule has 0 aromatic heterocycles. The molecule has 0 saturated carbocycles. The summed E-state index contributed by atoms with van der Waals surface area (Å²) in [5.41, 5.74) is 1.44. The molecule has 0 aliphatic carbocycles. The molecule has 0 bridgehead atoms. The van der Waals surface area contributed by atoms with Crippen LogP contribution < -0.4 is 9.04 Å². The third-order valence-electron chi connectivity index (χ3n) is 3.75. The average molecular weight is 415 g/mol. The number of ether oxygens (including phenoxy) is 1. The molecule has 10 heteroatoms. The fourth-order valence-corrected chi connectivity index (χ4v) is 4.16. The van der Waals surface area contributed by atoms with Crippen LogP contribution in [0.25, 0.3) is 0 Å². The van der Waals surface area contributed by atoms with Crippen molar-refractivity contribution < 1.29 is 31.2 Å². The first-order chi connectivity index (χ1) is 12.5. The number of fused-ring (bicyclic) bond motifs is 1. The number of sulfonamides is 1. The smallest absolute Gasteiger partial charge is 0.294 e. The van der Waals surface area contributed by atoms with Crippen LogP contribution in [0.5, 0.6) is 5.75 Å². The van der Waals surface area contributed by atoms with Gasteiger partial charge in [0.05, 0.1) is 23.4 Å². The molecule has 2 aromatic rings. The Labute approximate surface area is 158 Å². The van der Waals surface area contributed by atoms with E-state index in [1.165, 1.54) is 16.4 Å². The summed E-state index contributed by atoms with van der Waals surface area (Å²) in [6, 6.07) is 12.3. The third-order valence-corrected chi connectivity index (χ3v) is 5.83. The Bertz CT molecular complexity index is 986. The molecule has 0 spiro atoms. The third kappa shape index (κ3) is 5.42. The van der Waals surface area contributed by atoms with Crippen LogP contribution in [0.4, 0.5) is 5.69 Å². The standard InChI is InChI=1S/C10H13NO4S.C7H8O3S/c1-16(13,14)11-8(6-12)7-15-10-5-3-2-4-9(10)11;1-6-2-4-7(5-3-6)11(8,9)10/h2-5,8,12H,6-7H2,1H3;2-5H,1H3,(H,8,9,10). The first kappa shape index (κ1) is 21.2. The van der Waals surface area contributed by atoms with Crippen molar-refractivity contribution >= 4 is 25.8 Å². The van der Waals surface area contributed by atoms with Crippen molar-refractivity contribution in [3.05, 3.63) is 54.1 Å². The van der Waals surface area contributed by atoms with E-state index in [4.69, 9.17) is 14.4 Å². The van der Waals surface area contributed by atoms with E-state index in [1.54, 1.807) is 36.4 Å². The molecular formula is C17H21NO7S2. The maximum atomic E-state index is 11.7. The second kappa shape index (κ2) is 8.26. The van der Waals surface area contributed by atoms with Crippen LogP contribution in [0, 0.1) is 6.92 Å².